The molecule has 0 aliphatic heterocycles. The van der Waals surface area contributed by atoms with Crippen LogP contribution in [0.5, 0.6) is 0 Å². The van der Waals surface area contributed by atoms with Crippen LogP contribution in [0, 0.1) is 6.92 Å². The molecule has 0 saturated carbocycles. The van der Waals surface area contributed by atoms with Gasteiger partial charge >= 0.3 is 5.97 Å². The van der Waals surface area contributed by atoms with Crippen molar-refractivity contribution in [3.8, 4) is 5.69 Å². The zero-order valence-electron chi connectivity index (χ0n) is 14.1. The van der Waals surface area contributed by atoms with Crippen LogP contribution in [0.2, 0.25) is 0 Å². The maximum absolute atomic E-state index is 12.5. The first kappa shape index (κ1) is 17.7. The van der Waals surface area contributed by atoms with E-state index in [4.69, 9.17) is 5.11 Å². The molecule has 1 N–H and O–H groups in total. The second-order valence-electron chi connectivity index (χ2n) is 5.87. The first-order valence-electron chi connectivity index (χ1n) is 7.88. The van der Waals surface area contributed by atoms with Gasteiger partial charge in [0.25, 0.3) is 0 Å². The molecule has 0 atom stereocenters. The molecule has 128 valence electrons. The Morgan fingerprint density at radius 2 is 1.92 bits per heavy atom. The number of hydrogen-bond donors (Lipinski definition) is 1. The number of carbonyl (C=O) groups excluding carboxylic acids is 1. The van der Waals surface area contributed by atoms with Gasteiger partial charge in [0.1, 0.15) is 0 Å². The average molecular weight is 330 g/mol. The van der Waals surface area contributed by atoms with E-state index in [1.165, 1.54) is 0 Å². The Balaban J connectivity index is 2.14. The van der Waals surface area contributed by atoms with Gasteiger partial charge in [0.2, 0.25) is 5.91 Å². The molecule has 0 aliphatic carbocycles. The minimum absolute atomic E-state index is 0.0682. The van der Waals surface area contributed by atoms with Gasteiger partial charge in [-0.3, -0.25) is 9.59 Å². The fourth-order valence-corrected chi connectivity index (χ4v) is 2.47. The summed E-state index contributed by atoms with van der Waals surface area (Å²) in [5.74, 6) is -1.06. The summed E-state index contributed by atoms with van der Waals surface area (Å²) in [6.45, 7) is 5.80. The first-order chi connectivity index (χ1) is 11.4. The largest absolute Gasteiger partial charge is 0.481 e. The van der Waals surface area contributed by atoms with Crippen LogP contribution < -0.4 is 0 Å². The van der Waals surface area contributed by atoms with Crippen LogP contribution in [0.25, 0.3) is 5.69 Å². The lowest BCUT2D eigenvalue weighted by Gasteiger charge is -2.26. The molecule has 1 amide bonds. The predicted octanol–water partition coefficient (Wildman–Crippen LogP) is 1.83. The van der Waals surface area contributed by atoms with E-state index < -0.39 is 5.97 Å². The van der Waals surface area contributed by atoms with Crippen molar-refractivity contribution < 1.29 is 14.7 Å². The molecule has 0 bridgehead atoms. The summed E-state index contributed by atoms with van der Waals surface area (Å²) in [5.41, 5.74) is 2.29. The van der Waals surface area contributed by atoms with Gasteiger partial charge in [-0.25, -0.2) is 4.68 Å². The fraction of sp³-hybridized carbons (Fsp3) is 0.412. The van der Waals surface area contributed by atoms with E-state index in [1.54, 1.807) is 9.58 Å². The molecule has 24 heavy (non-hydrogen) atoms. The monoisotopic (exact) mass is 330 g/mol. The zero-order valence-corrected chi connectivity index (χ0v) is 14.1. The molecule has 0 radical (unpaired) electrons. The molecule has 7 nitrogen and oxygen atoms in total. The van der Waals surface area contributed by atoms with Crippen LogP contribution in [0.3, 0.4) is 0 Å². The van der Waals surface area contributed by atoms with Crippen molar-refractivity contribution in [1.82, 2.24) is 19.9 Å². The summed E-state index contributed by atoms with van der Waals surface area (Å²) >= 11 is 0. The number of aromatic nitrogens is 3. The molecule has 1 aromatic carbocycles. The van der Waals surface area contributed by atoms with E-state index in [1.807, 2.05) is 51.1 Å². The van der Waals surface area contributed by atoms with Gasteiger partial charge in [-0.05, 0) is 32.9 Å². The third-order valence-electron chi connectivity index (χ3n) is 3.82. The number of carboxylic acid groups (broad SMARTS) is 1. The van der Waals surface area contributed by atoms with Crippen LogP contribution in [0.4, 0.5) is 0 Å². The smallest absolute Gasteiger partial charge is 0.305 e. The maximum atomic E-state index is 12.5. The number of carboxylic acids is 1. The Morgan fingerprint density at radius 3 is 2.50 bits per heavy atom. The van der Waals surface area contributed by atoms with E-state index in [-0.39, 0.29) is 31.3 Å². The number of aliphatic carboxylic acids is 1. The summed E-state index contributed by atoms with van der Waals surface area (Å²) in [4.78, 5) is 24.8. The van der Waals surface area contributed by atoms with Gasteiger partial charge in [0, 0.05) is 12.6 Å². The lowest BCUT2D eigenvalue weighted by molar-refractivity contribution is -0.139. The van der Waals surface area contributed by atoms with Gasteiger partial charge in [-0.2, -0.15) is 0 Å². The lowest BCUT2D eigenvalue weighted by atomic mass is 10.2. The number of rotatable bonds is 7. The number of para-hydroxylation sites is 1. The Kier molecular flexibility index (Phi) is 5.68. The van der Waals surface area contributed by atoms with Crippen LogP contribution in [-0.4, -0.2) is 49.5 Å². The zero-order chi connectivity index (χ0) is 17.7. The molecule has 0 spiro atoms. The van der Waals surface area contributed by atoms with Gasteiger partial charge in [0.05, 0.1) is 29.9 Å². The van der Waals surface area contributed by atoms with Gasteiger partial charge in [-0.15, -0.1) is 5.10 Å². The highest BCUT2D eigenvalue weighted by atomic mass is 16.4. The van der Waals surface area contributed by atoms with E-state index >= 15 is 0 Å². The Morgan fingerprint density at radius 1 is 1.25 bits per heavy atom. The minimum atomic E-state index is -0.917. The normalized spacial score (nSPS) is 10.8. The topological polar surface area (TPSA) is 88.3 Å². The standard InChI is InChI=1S/C17H22N4O3/c1-12(2)20(10-9-17(23)24)16(22)11-15-13(3)21(19-18-15)14-7-5-4-6-8-14/h4-8,12H,9-11H2,1-3H3,(H,23,24). The van der Waals surface area contributed by atoms with Crippen LogP contribution in [-0.2, 0) is 16.0 Å². The third-order valence-corrected chi connectivity index (χ3v) is 3.82. The summed E-state index contributed by atoms with van der Waals surface area (Å²) in [6.07, 6.45) is 0.0378. The molecule has 1 aromatic heterocycles. The number of amides is 1. The summed E-state index contributed by atoms with van der Waals surface area (Å²) in [7, 11) is 0. The number of carbonyl (C=O) groups is 2. The van der Waals surface area contributed by atoms with Crippen molar-refractivity contribution in [1.29, 1.82) is 0 Å². The lowest BCUT2D eigenvalue weighted by Crippen LogP contribution is -2.39. The predicted molar refractivity (Wildman–Crippen MR) is 88.9 cm³/mol. The van der Waals surface area contributed by atoms with Gasteiger partial charge in [0.15, 0.2) is 0 Å². The molecule has 2 aromatic rings. The molecule has 1 heterocycles. The summed E-state index contributed by atoms with van der Waals surface area (Å²) in [5, 5.41) is 17.1. The van der Waals surface area contributed by atoms with Gasteiger partial charge in [-0.1, -0.05) is 23.4 Å². The second kappa shape index (κ2) is 7.72. The first-order valence-corrected chi connectivity index (χ1v) is 7.88. The van der Waals surface area contributed by atoms with Crippen molar-refractivity contribution in [3.05, 3.63) is 41.7 Å². The molecular formula is C17H22N4O3. The molecular weight excluding hydrogens is 308 g/mol. The number of nitrogens with zero attached hydrogens (tertiary/aromatic N) is 4. The second-order valence-corrected chi connectivity index (χ2v) is 5.87. The molecule has 7 heteroatoms. The SMILES string of the molecule is Cc1c(CC(=O)N(CCC(=O)O)C(C)C)nnn1-c1ccccc1. The minimum Gasteiger partial charge on any atom is -0.481 e. The third kappa shape index (κ3) is 4.18. The van der Waals surface area contributed by atoms with Crippen molar-refractivity contribution in [2.45, 2.75) is 39.7 Å². The van der Waals surface area contributed by atoms with Crippen molar-refractivity contribution >= 4 is 11.9 Å². The Hall–Kier alpha value is -2.70. The quantitative estimate of drug-likeness (QED) is 0.837. The molecule has 0 aliphatic rings. The number of hydrogen-bond acceptors (Lipinski definition) is 4. The highest BCUT2D eigenvalue weighted by Crippen LogP contribution is 2.13. The fourth-order valence-electron chi connectivity index (χ4n) is 2.47. The van der Waals surface area contributed by atoms with E-state index in [0.29, 0.717) is 5.69 Å². The summed E-state index contributed by atoms with van der Waals surface area (Å²) < 4.78 is 1.69. The maximum Gasteiger partial charge on any atom is 0.305 e. The highest BCUT2D eigenvalue weighted by molar-refractivity contribution is 5.79. The Bertz CT molecular complexity index is 710. The van der Waals surface area contributed by atoms with Crippen LogP contribution >= 0.6 is 0 Å². The number of benzene rings is 1. The van der Waals surface area contributed by atoms with E-state index in [9.17, 15) is 9.59 Å². The van der Waals surface area contributed by atoms with Gasteiger partial charge < -0.3 is 10.0 Å². The summed E-state index contributed by atoms with van der Waals surface area (Å²) in [6, 6.07) is 9.51. The molecule has 0 fully saturated rings. The highest BCUT2D eigenvalue weighted by Gasteiger charge is 2.21. The van der Waals surface area contributed by atoms with Crippen molar-refractivity contribution in [2.24, 2.45) is 0 Å². The average Bonchev–Trinajstić information content (AvgIpc) is 2.88. The van der Waals surface area contributed by atoms with E-state index in [0.717, 1.165) is 11.4 Å². The molecule has 0 saturated heterocycles. The molecule has 2 rings (SSSR count). The van der Waals surface area contributed by atoms with E-state index in [2.05, 4.69) is 10.3 Å². The van der Waals surface area contributed by atoms with Crippen molar-refractivity contribution in [3.63, 3.8) is 0 Å². The molecule has 0 unspecified atom stereocenters. The van der Waals surface area contributed by atoms with Crippen LogP contribution in [0.15, 0.2) is 30.3 Å². The Labute approximate surface area is 140 Å². The van der Waals surface area contributed by atoms with Crippen LogP contribution in [0.1, 0.15) is 31.7 Å². The van der Waals surface area contributed by atoms with Crippen molar-refractivity contribution in [2.75, 3.05) is 6.54 Å².